The van der Waals surface area contributed by atoms with E-state index in [2.05, 4.69) is 15.0 Å². The summed E-state index contributed by atoms with van der Waals surface area (Å²) in [7, 11) is 0. The highest BCUT2D eigenvalue weighted by Crippen LogP contribution is 2.36. The van der Waals surface area contributed by atoms with Crippen molar-refractivity contribution in [3.8, 4) is 0 Å². The molecule has 6 heteroatoms. The highest BCUT2D eigenvalue weighted by Gasteiger charge is 2.44. The molecule has 3 atom stereocenters. The Bertz CT molecular complexity index is 472. The Morgan fingerprint density at radius 3 is 2.81 bits per heavy atom. The van der Waals surface area contributed by atoms with Crippen LogP contribution in [0.5, 0.6) is 0 Å². The third kappa shape index (κ3) is 2.84. The second kappa shape index (κ2) is 5.66. The molecule has 3 fully saturated rings. The minimum atomic E-state index is 0.247. The van der Waals surface area contributed by atoms with Crippen LogP contribution in [0.25, 0.3) is 0 Å². The quantitative estimate of drug-likeness (QED) is 0.834. The summed E-state index contributed by atoms with van der Waals surface area (Å²) in [6, 6.07) is 0.699. The lowest BCUT2D eigenvalue weighted by Crippen LogP contribution is -2.39. The largest absolute Gasteiger partial charge is 0.381 e. The summed E-state index contributed by atoms with van der Waals surface area (Å²) >= 11 is 0. The van der Waals surface area contributed by atoms with Gasteiger partial charge in [-0.3, -0.25) is 4.90 Å². The SMILES string of the molecule is Cc1noc(C[C@@H]2C[C@H]3CN(C4CCOCC4)C[C@H]3O2)n1. The van der Waals surface area contributed by atoms with Gasteiger partial charge in [0.15, 0.2) is 5.82 Å². The molecule has 0 radical (unpaired) electrons. The average molecular weight is 293 g/mol. The van der Waals surface area contributed by atoms with Gasteiger partial charge in [-0.15, -0.1) is 0 Å². The van der Waals surface area contributed by atoms with Crippen LogP contribution in [-0.2, 0) is 15.9 Å². The molecular formula is C15H23N3O3. The van der Waals surface area contributed by atoms with Gasteiger partial charge in [-0.25, -0.2) is 0 Å². The predicted molar refractivity (Wildman–Crippen MR) is 74.9 cm³/mol. The van der Waals surface area contributed by atoms with Gasteiger partial charge in [-0.1, -0.05) is 5.16 Å². The topological polar surface area (TPSA) is 60.6 Å². The van der Waals surface area contributed by atoms with Gasteiger partial charge in [-0.2, -0.15) is 4.98 Å². The van der Waals surface area contributed by atoms with Gasteiger partial charge in [0.2, 0.25) is 5.89 Å². The van der Waals surface area contributed by atoms with Gasteiger partial charge in [0.25, 0.3) is 0 Å². The molecule has 0 unspecified atom stereocenters. The second-order valence-corrected chi connectivity index (χ2v) is 6.53. The number of likely N-dealkylation sites (tertiary alicyclic amines) is 1. The van der Waals surface area contributed by atoms with Crippen molar-refractivity contribution in [2.24, 2.45) is 5.92 Å². The zero-order valence-electron chi connectivity index (χ0n) is 12.5. The van der Waals surface area contributed by atoms with Gasteiger partial charge in [-0.05, 0) is 26.2 Å². The first kappa shape index (κ1) is 13.7. The zero-order chi connectivity index (χ0) is 14.2. The van der Waals surface area contributed by atoms with Crippen molar-refractivity contribution >= 4 is 0 Å². The monoisotopic (exact) mass is 293 g/mol. The van der Waals surface area contributed by atoms with Crippen LogP contribution >= 0.6 is 0 Å². The number of hydrogen-bond donors (Lipinski definition) is 0. The Kier molecular flexibility index (Phi) is 3.69. The smallest absolute Gasteiger partial charge is 0.229 e. The maximum atomic E-state index is 6.22. The van der Waals surface area contributed by atoms with Crippen molar-refractivity contribution in [1.29, 1.82) is 0 Å². The van der Waals surface area contributed by atoms with Crippen LogP contribution in [0.4, 0.5) is 0 Å². The number of hydrogen-bond acceptors (Lipinski definition) is 6. The minimum Gasteiger partial charge on any atom is -0.381 e. The fraction of sp³-hybridized carbons (Fsp3) is 0.867. The van der Waals surface area contributed by atoms with Gasteiger partial charge in [0, 0.05) is 38.3 Å². The van der Waals surface area contributed by atoms with E-state index < -0.39 is 0 Å². The number of rotatable bonds is 3. The van der Waals surface area contributed by atoms with Crippen LogP contribution in [-0.4, -0.2) is 59.6 Å². The molecule has 3 aliphatic rings. The standard InChI is InChI=1S/C15H23N3O3/c1-10-16-15(21-17-10)7-13-6-11-8-18(9-14(11)20-13)12-2-4-19-5-3-12/h11-14H,2-9H2,1H3/t11-,13-,14+/m0/s1. The summed E-state index contributed by atoms with van der Waals surface area (Å²) in [5, 5.41) is 3.84. The molecule has 3 saturated heterocycles. The summed E-state index contributed by atoms with van der Waals surface area (Å²) in [5.41, 5.74) is 0. The molecule has 6 nitrogen and oxygen atoms in total. The molecule has 116 valence electrons. The predicted octanol–water partition coefficient (Wildman–Crippen LogP) is 1.19. The Labute approximate surface area is 124 Å². The van der Waals surface area contributed by atoms with E-state index in [1.54, 1.807) is 0 Å². The fourth-order valence-electron chi connectivity index (χ4n) is 3.99. The number of ether oxygens (including phenoxy) is 2. The molecule has 0 spiro atoms. The van der Waals surface area contributed by atoms with E-state index in [0.717, 1.165) is 32.6 Å². The summed E-state index contributed by atoms with van der Waals surface area (Å²) in [6.45, 7) is 5.93. The maximum Gasteiger partial charge on any atom is 0.229 e. The van der Waals surface area contributed by atoms with Crippen molar-refractivity contribution in [2.75, 3.05) is 26.3 Å². The number of aromatic nitrogens is 2. The van der Waals surface area contributed by atoms with E-state index in [0.29, 0.717) is 29.8 Å². The van der Waals surface area contributed by atoms with Gasteiger partial charge in [0.1, 0.15) is 0 Å². The first-order valence-electron chi connectivity index (χ1n) is 8.04. The molecule has 0 N–H and O–H groups in total. The molecule has 0 saturated carbocycles. The minimum absolute atomic E-state index is 0.247. The summed E-state index contributed by atoms with van der Waals surface area (Å²) < 4.78 is 16.9. The van der Waals surface area contributed by atoms with Gasteiger partial charge >= 0.3 is 0 Å². The molecule has 3 aliphatic heterocycles. The molecule has 0 aromatic carbocycles. The first-order chi connectivity index (χ1) is 10.3. The molecule has 21 heavy (non-hydrogen) atoms. The van der Waals surface area contributed by atoms with Gasteiger partial charge < -0.3 is 14.0 Å². The highest BCUT2D eigenvalue weighted by molar-refractivity contribution is 4.97. The highest BCUT2D eigenvalue weighted by atomic mass is 16.5. The normalized spacial score (nSPS) is 34.4. The average Bonchev–Trinajstić information content (AvgIpc) is 3.15. The van der Waals surface area contributed by atoms with Crippen LogP contribution in [0.3, 0.4) is 0 Å². The Hall–Kier alpha value is -0.980. The van der Waals surface area contributed by atoms with Crippen molar-refractivity contribution < 1.29 is 14.0 Å². The van der Waals surface area contributed by atoms with Crippen molar-refractivity contribution in [3.05, 3.63) is 11.7 Å². The third-order valence-corrected chi connectivity index (χ3v) is 5.02. The number of nitrogens with zero attached hydrogens (tertiary/aromatic N) is 3. The Morgan fingerprint density at radius 1 is 1.24 bits per heavy atom. The van der Waals surface area contributed by atoms with Crippen LogP contribution < -0.4 is 0 Å². The van der Waals surface area contributed by atoms with E-state index in [-0.39, 0.29) is 6.10 Å². The molecule has 4 heterocycles. The van der Waals surface area contributed by atoms with Crippen LogP contribution in [0, 0.1) is 12.8 Å². The van der Waals surface area contributed by atoms with Gasteiger partial charge in [0.05, 0.1) is 18.6 Å². The van der Waals surface area contributed by atoms with E-state index >= 15 is 0 Å². The van der Waals surface area contributed by atoms with Crippen molar-refractivity contribution in [2.45, 2.75) is 50.9 Å². The lowest BCUT2D eigenvalue weighted by molar-refractivity contribution is 0.0112. The summed E-state index contributed by atoms with van der Waals surface area (Å²) in [5.74, 6) is 2.08. The van der Waals surface area contributed by atoms with E-state index in [1.165, 1.54) is 19.4 Å². The van der Waals surface area contributed by atoms with Crippen molar-refractivity contribution in [1.82, 2.24) is 15.0 Å². The summed E-state index contributed by atoms with van der Waals surface area (Å²) in [6.07, 6.45) is 4.85. The van der Waals surface area contributed by atoms with E-state index in [4.69, 9.17) is 14.0 Å². The van der Waals surface area contributed by atoms with Crippen molar-refractivity contribution in [3.63, 3.8) is 0 Å². The summed E-state index contributed by atoms with van der Waals surface area (Å²) in [4.78, 5) is 6.89. The zero-order valence-corrected chi connectivity index (χ0v) is 12.5. The van der Waals surface area contributed by atoms with Crippen LogP contribution in [0.2, 0.25) is 0 Å². The lowest BCUT2D eigenvalue weighted by atomic mass is 10.0. The van der Waals surface area contributed by atoms with E-state index in [9.17, 15) is 0 Å². The maximum absolute atomic E-state index is 6.22. The second-order valence-electron chi connectivity index (χ2n) is 6.53. The van der Waals surface area contributed by atoms with Crippen LogP contribution in [0.1, 0.15) is 31.0 Å². The molecule has 4 rings (SSSR count). The molecular weight excluding hydrogens is 270 g/mol. The fourth-order valence-corrected chi connectivity index (χ4v) is 3.99. The third-order valence-electron chi connectivity index (χ3n) is 5.02. The molecule has 0 aliphatic carbocycles. The molecule has 0 amide bonds. The molecule has 1 aromatic rings. The van der Waals surface area contributed by atoms with E-state index in [1.807, 2.05) is 6.92 Å². The lowest BCUT2D eigenvalue weighted by Gasteiger charge is -2.31. The number of aryl methyl sites for hydroxylation is 1. The Balaban J connectivity index is 1.31. The number of fused-ring (bicyclic) bond motifs is 1. The Morgan fingerprint density at radius 2 is 2.10 bits per heavy atom. The molecule has 0 bridgehead atoms. The molecule has 1 aromatic heterocycles. The first-order valence-corrected chi connectivity index (χ1v) is 8.04. The van der Waals surface area contributed by atoms with Crippen LogP contribution in [0.15, 0.2) is 4.52 Å².